The fourth-order valence-electron chi connectivity index (χ4n) is 3.57. The van der Waals surface area contributed by atoms with Gasteiger partial charge in [0.2, 0.25) is 11.8 Å². The number of hydrogen-bond donors (Lipinski definition) is 0. The first-order valence-corrected chi connectivity index (χ1v) is 9.83. The zero-order valence-corrected chi connectivity index (χ0v) is 17.0. The van der Waals surface area contributed by atoms with Crippen LogP contribution in [0, 0.1) is 5.92 Å². The van der Waals surface area contributed by atoms with E-state index in [4.69, 9.17) is 9.47 Å². The molecule has 0 aliphatic carbocycles. The van der Waals surface area contributed by atoms with Crippen LogP contribution in [-0.2, 0) is 27.4 Å². The third kappa shape index (κ3) is 5.57. The zero-order valence-electron chi connectivity index (χ0n) is 17.0. The molecule has 6 nitrogen and oxygen atoms in total. The van der Waals surface area contributed by atoms with Gasteiger partial charge in [0.05, 0.1) is 19.6 Å². The molecule has 6 heteroatoms. The minimum absolute atomic E-state index is 0.0106. The molecule has 1 saturated heterocycles. The lowest BCUT2D eigenvalue weighted by Crippen LogP contribution is -2.39. The number of hydrogen-bond acceptors (Lipinski definition) is 4. The van der Waals surface area contributed by atoms with Crippen LogP contribution < -0.4 is 4.74 Å². The summed E-state index contributed by atoms with van der Waals surface area (Å²) in [5, 5.41) is 0. The lowest BCUT2D eigenvalue weighted by atomic mass is 10.1. The summed E-state index contributed by atoms with van der Waals surface area (Å²) in [5.41, 5.74) is 2.09. The number of carbonyl (C=O) groups excluding carboxylic acids is 2. The fourth-order valence-corrected chi connectivity index (χ4v) is 3.57. The topological polar surface area (TPSA) is 59.1 Å². The van der Waals surface area contributed by atoms with E-state index in [-0.39, 0.29) is 24.2 Å². The summed E-state index contributed by atoms with van der Waals surface area (Å²) in [4.78, 5) is 29.2. The number of ether oxygens (including phenoxy) is 2. The molecular weight excluding hydrogens is 368 g/mol. The SMILES string of the molecule is COCCN(Cc1ccccc1)C(=O)C1CC(=O)N(Cc2ccc(OC)cc2)C1. The first-order valence-electron chi connectivity index (χ1n) is 9.83. The molecule has 0 spiro atoms. The van der Waals surface area contributed by atoms with E-state index < -0.39 is 0 Å². The van der Waals surface area contributed by atoms with Gasteiger partial charge in [-0.25, -0.2) is 0 Å². The molecule has 1 unspecified atom stereocenters. The maximum atomic E-state index is 13.2. The third-order valence-corrected chi connectivity index (χ3v) is 5.19. The van der Waals surface area contributed by atoms with Gasteiger partial charge in [0.15, 0.2) is 0 Å². The molecule has 0 saturated carbocycles. The normalized spacial score (nSPS) is 16.1. The zero-order chi connectivity index (χ0) is 20.6. The highest BCUT2D eigenvalue weighted by molar-refractivity contribution is 5.89. The van der Waals surface area contributed by atoms with E-state index in [1.807, 2.05) is 54.6 Å². The molecule has 0 aromatic heterocycles. The van der Waals surface area contributed by atoms with Crippen molar-refractivity contribution >= 4 is 11.8 Å². The molecule has 1 atom stereocenters. The van der Waals surface area contributed by atoms with Crippen molar-refractivity contribution in [2.75, 3.05) is 33.9 Å². The Hall–Kier alpha value is -2.86. The van der Waals surface area contributed by atoms with Gasteiger partial charge < -0.3 is 19.3 Å². The lowest BCUT2D eigenvalue weighted by molar-refractivity contribution is -0.137. The molecule has 1 heterocycles. The Morgan fingerprint density at radius 1 is 1.07 bits per heavy atom. The highest BCUT2D eigenvalue weighted by atomic mass is 16.5. The summed E-state index contributed by atoms with van der Waals surface area (Å²) in [6.07, 6.45) is 0.257. The number of methoxy groups -OCH3 is 2. The van der Waals surface area contributed by atoms with Gasteiger partial charge in [0.1, 0.15) is 5.75 Å². The number of rotatable bonds is 9. The quantitative estimate of drug-likeness (QED) is 0.654. The van der Waals surface area contributed by atoms with Crippen LogP contribution in [0.1, 0.15) is 17.5 Å². The second-order valence-corrected chi connectivity index (χ2v) is 7.26. The van der Waals surface area contributed by atoms with E-state index in [1.165, 1.54) is 0 Å². The van der Waals surface area contributed by atoms with Gasteiger partial charge in [-0.15, -0.1) is 0 Å². The van der Waals surface area contributed by atoms with E-state index in [9.17, 15) is 9.59 Å². The predicted molar refractivity (Wildman–Crippen MR) is 110 cm³/mol. The van der Waals surface area contributed by atoms with E-state index >= 15 is 0 Å². The molecule has 2 amide bonds. The Morgan fingerprint density at radius 3 is 2.45 bits per heavy atom. The van der Waals surface area contributed by atoms with Gasteiger partial charge >= 0.3 is 0 Å². The Bertz CT molecular complexity index is 807. The van der Waals surface area contributed by atoms with Crippen molar-refractivity contribution in [1.82, 2.24) is 9.80 Å². The first kappa shape index (κ1) is 20.9. The van der Waals surface area contributed by atoms with E-state index in [1.54, 1.807) is 24.0 Å². The Kier molecular flexibility index (Phi) is 7.25. The van der Waals surface area contributed by atoms with Crippen molar-refractivity contribution in [3.63, 3.8) is 0 Å². The number of nitrogens with zero attached hydrogens (tertiary/aromatic N) is 2. The van der Waals surface area contributed by atoms with Gasteiger partial charge in [-0.05, 0) is 23.3 Å². The summed E-state index contributed by atoms with van der Waals surface area (Å²) in [5.74, 6) is 0.493. The average molecular weight is 396 g/mol. The van der Waals surface area contributed by atoms with Crippen LogP contribution in [0.3, 0.4) is 0 Å². The number of benzene rings is 2. The molecule has 1 aliphatic rings. The second-order valence-electron chi connectivity index (χ2n) is 7.26. The highest BCUT2D eigenvalue weighted by Gasteiger charge is 2.36. The molecule has 1 aliphatic heterocycles. The number of amides is 2. The van der Waals surface area contributed by atoms with Crippen molar-refractivity contribution in [1.29, 1.82) is 0 Å². The Labute approximate surface area is 172 Å². The van der Waals surface area contributed by atoms with Crippen LogP contribution >= 0.6 is 0 Å². The molecular formula is C23H28N2O4. The molecule has 0 N–H and O–H groups in total. The average Bonchev–Trinajstić information content (AvgIpc) is 3.12. The van der Waals surface area contributed by atoms with Gasteiger partial charge in [-0.1, -0.05) is 42.5 Å². The molecule has 2 aromatic carbocycles. The monoisotopic (exact) mass is 396 g/mol. The molecule has 0 bridgehead atoms. The van der Waals surface area contributed by atoms with Crippen LogP contribution in [-0.4, -0.2) is 55.5 Å². The van der Waals surface area contributed by atoms with Gasteiger partial charge in [-0.3, -0.25) is 9.59 Å². The summed E-state index contributed by atoms with van der Waals surface area (Å²) in [6.45, 7) is 2.44. The summed E-state index contributed by atoms with van der Waals surface area (Å²) in [7, 11) is 3.25. The van der Waals surface area contributed by atoms with E-state index in [0.717, 1.165) is 16.9 Å². The van der Waals surface area contributed by atoms with Crippen molar-refractivity contribution < 1.29 is 19.1 Å². The molecule has 154 valence electrons. The summed E-state index contributed by atoms with van der Waals surface area (Å²) < 4.78 is 10.4. The summed E-state index contributed by atoms with van der Waals surface area (Å²) >= 11 is 0. The number of carbonyl (C=O) groups is 2. The minimum atomic E-state index is -0.318. The van der Waals surface area contributed by atoms with Gasteiger partial charge in [-0.2, -0.15) is 0 Å². The van der Waals surface area contributed by atoms with Crippen LogP contribution in [0.25, 0.3) is 0 Å². The third-order valence-electron chi connectivity index (χ3n) is 5.19. The van der Waals surface area contributed by atoms with E-state index in [0.29, 0.717) is 32.8 Å². The van der Waals surface area contributed by atoms with Crippen LogP contribution in [0.2, 0.25) is 0 Å². The Morgan fingerprint density at radius 2 is 1.79 bits per heavy atom. The standard InChI is InChI=1S/C23H28N2O4/c1-28-13-12-24(15-18-6-4-3-5-7-18)23(27)20-14-22(26)25(17-20)16-19-8-10-21(29-2)11-9-19/h3-11,20H,12-17H2,1-2H3. The molecule has 0 radical (unpaired) electrons. The van der Waals surface area contributed by atoms with E-state index in [2.05, 4.69) is 0 Å². The maximum Gasteiger partial charge on any atom is 0.228 e. The Balaban J connectivity index is 1.64. The molecule has 1 fully saturated rings. The van der Waals surface area contributed by atoms with Crippen molar-refractivity contribution in [2.45, 2.75) is 19.5 Å². The highest BCUT2D eigenvalue weighted by Crippen LogP contribution is 2.24. The number of likely N-dealkylation sites (tertiary alicyclic amines) is 1. The van der Waals surface area contributed by atoms with Crippen LogP contribution in [0.4, 0.5) is 0 Å². The summed E-state index contributed by atoms with van der Waals surface area (Å²) in [6, 6.07) is 17.5. The molecule has 2 aromatic rings. The van der Waals surface area contributed by atoms with Gasteiger partial charge in [0.25, 0.3) is 0 Å². The van der Waals surface area contributed by atoms with Gasteiger partial charge in [0, 0.05) is 39.7 Å². The first-order chi connectivity index (χ1) is 14.1. The minimum Gasteiger partial charge on any atom is -0.497 e. The van der Waals surface area contributed by atoms with Crippen molar-refractivity contribution in [2.24, 2.45) is 5.92 Å². The van der Waals surface area contributed by atoms with Crippen LogP contribution in [0.15, 0.2) is 54.6 Å². The fraction of sp³-hybridized carbons (Fsp3) is 0.391. The lowest BCUT2D eigenvalue weighted by Gasteiger charge is -2.25. The van der Waals surface area contributed by atoms with Crippen LogP contribution in [0.5, 0.6) is 5.75 Å². The second kappa shape index (κ2) is 10.1. The predicted octanol–water partition coefficient (Wildman–Crippen LogP) is 2.72. The van der Waals surface area contributed by atoms with Crippen molar-refractivity contribution in [3.8, 4) is 5.75 Å². The van der Waals surface area contributed by atoms with Crippen molar-refractivity contribution in [3.05, 3.63) is 65.7 Å². The largest absolute Gasteiger partial charge is 0.497 e. The maximum absolute atomic E-state index is 13.2. The molecule has 3 rings (SSSR count). The molecule has 29 heavy (non-hydrogen) atoms. The smallest absolute Gasteiger partial charge is 0.228 e.